The van der Waals surface area contributed by atoms with Crippen LogP contribution >= 0.6 is 0 Å². The Morgan fingerprint density at radius 3 is 2.72 bits per heavy atom. The molecule has 5 heteroatoms. The maximum atomic E-state index is 12.1. The zero-order valence-corrected chi connectivity index (χ0v) is 9.27. The molecule has 88 valence electrons. The molecule has 0 atom stereocenters. The Labute approximate surface area is 101 Å². The highest BCUT2D eigenvalue weighted by molar-refractivity contribution is 6.09. The first kappa shape index (κ1) is 10.5. The number of fused-ring (bicyclic) bond motifs is 1. The average molecular weight is 241 g/mol. The summed E-state index contributed by atoms with van der Waals surface area (Å²) >= 11 is 0. The lowest BCUT2D eigenvalue weighted by Crippen LogP contribution is -2.10. The minimum Gasteiger partial charge on any atom is -0.383 e. The Morgan fingerprint density at radius 2 is 1.94 bits per heavy atom. The number of pyridine rings is 1. The molecule has 2 aromatic heterocycles. The van der Waals surface area contributed by atoms with Crippen LogP contribution in [0.4, 0.5) is 0 Å². The maximum absolute atomic E-state index is 12.1. The van der Waals surface area contributed by atoms with Gasteiger partial charge in [-0.3, -0.25) is 4.79 Å². The summed E-state index contributed by atoms with van der Waals surface area (Å²) in [6.45, 7) is 0. The summed E-state index contributed by atoms with van der Waals surface area (Å²) in [4.78, 5) is 28.5. The van der Waals surface area contributed by atoms with Crippen molar-refractivity contribution < 1.29 is 14.2 Å². The Hall–Kier alpha value is -2.69. The van der Waals surface area contributed by atoms with Gasteiger partial charge in [0.1, 0.15) is 0 Å². The summed E-state index contributed by atoms with van der Waals surface area (Å²) < 4.78 is 4.90. The molecule has 0 aliphatic heterocycles. The SMILES string of the molecule is O=C(c1ccccc1)c1c[nH+]c2[nH]c(=O)oc2c1. The van der Waals surface area contributed by atoms with Crippen molar-refractivity contribution in [3.05, 3.63) is 64.3 Å². The lowest BCUT2D eigenvalue weighted by Gasteiger charge is -1.98. The second-order valence-corrected chi connectivity index (χ2v) is 3.84. The number of aromatic nitrogens is 2. The number of hydrogen-bond acceptors (Lipinski definition) is 3. The highest BCUT2D eigenvalue weighted by Gasteiger charge is 2.14. The molecule has 0 saturated heterocycles. The average Bonchev–Trinajstić information content (AvgIpc) is 2.78. The summed E-state index contributed by atoms with van der Waals surface area (Å²) in [5.74, 6) is -0.678. The molecule has 0 fully saturated rings. The monoisotopic (exact) mass is 241 g/mol. The van der Waals surface area contributed by atoms with Gasteiger partial charge in [0.05, 0.1) is 11.8 Å². The molecule has 0 bridgehead atoms. The van der Waals surface area contributed by atoms with Crippen molar-refractivity contribution >= 4 is 17.0 Å². The van der Waals surface area contributed by atoms with E-state index in [0.717, 1.165) is 0 Å². The molecule has 0 aliphatic carbocycles. The van der Waals surface area contributed by atoms with Crippen LogP contribution in [0.15, 0.2) is 51.8 Å². The number of H-pyrrole nitrogens is 2. The summed E-state index contributed by atoms with van der Waals surface area (Å²) in [5.41, 5.74) is 1.82. The van der Waals surface area contributed by atoms with Crippen LogP contribution in [0.3, 0.4) is 0 Å². The largest absolute Gasteiger partial charge is 0.510 e. The van der Waals surface area contributed by atoms with Gasteiger partial charge in [0.15, 0.2) is 5.78 Å². The molecule has 0 saturated carbocycles. The van der Waals surface area contributed by atoms with Crippen LogP contribution < -0.4 is 10.7 Å². The van der Waals surface area contributed by atoms with Gasteiger partial charge in [-0.15, -0.1) is 0 Å². The zero-order chi connectivity index (χ0) is 12.5. The molecule has 2 N–H and O–H groups in total. The fourth-order valence-electron chi connectivity index (χ4n) is 1.77. The van der Waals surface area contributed by atoms with Gasteiger partial charge in [-0.25, -0.2) is 4.98 Å². The van der Waals surface area contributed by atoms with E-state index in [2.05, 4.69) is 9.97 Å². The van der Waals surface area contributed by atoms with E-state index in [1.807, 2.05) is 6.07 Å². The number of oxazole rings is 1. The second kappa shape index (κ2) is 3.96. The normalized spacial score (nSPS) is 10.7. The van der Waals surface area contributed by atoms with Gasteiger partial charge < -0.3 is 4.42 Å². The van der Waals surface area contributed by atoms with E-state index < -0.39 is 5.76 Å². The summed E-state index contributed by atoms with van der Waals surface area (Å²) in [6, 6.07) is 10.5. The molecule has 18 heavy (non-hydrogen) atoms. The highest BCUT2D eigenvalue weighted by atomic mass is 16.4. The summed E-state index contributed by atoms with van der Waals surface area (Å²) in [5, 5.41) is 0. The number of carbonyl (C=O) groups is 1. The molecule has 1 aromatic carbocycles. The third kappa shape index (κ3) is 1.71. The van der Waals surface area contributed by atoms with E-state index in [-0.39, 0.29) is 5.78 Å². The van der Waals surface area contributed by atoms with Crippen molar-refractivity contribution in [1.29, 1.82) is 0 Å². The topological polar surface area (TPSA) is 77.2 Å². The lowest BCUT2D eigenvalue weighted by molar-refractivity contribution is -0.347. The molecule has 0 radical (unpaired) electrons. The first-order valence-electron chi connectivity index (χ1n) is 5.38. The van der Waals surface area contributed by atoms with Crippen LogP contribution in [0.25, 0.3) is 11.2 Å². The third-order valence-corrected chi connectivity index (χ3v) is 2.63. The number of nitrogens with one attached hydrogen (secondary N) is 2. The molecule has 3 rings (SSSR count). The fourth-order valence-corrected chi connectivity index (χ4v) is 1.77. The van der Waals surface area contributed by atoms with Crippen LogP contribution in [-0.4, -0.2) is 10.8 Å². The van der Waals surface area contributed by atoms with Gasteiger partial charge in [0, 0.05) is 11.6 Å². The minimum absolute atomic E-state index is 0.127. The van der Waals surface area contributed by atoms with Gasteiger partial charge in [-0.2, -0.15) is 9.78 Å². The Bertz CT molecular complexity index is 772. The van der Waals surface area contributed by atoms with Crippen LogP contribution in [-0.2, 0) is 0 Å². The number of aromatic amines is 2. The second-order valence-electron chi connectivity index (χ2n) is 3.84. The number of rotatable bonds is 2. The Morgan fingerprint density at radius 1 is 1.17 bits per heavy atom. The van der Waals surface area contributed by atoms with Crippen molar-refractivity contribution in [2.24, 2.45) is 0 Å². The minimum atomic E-state index is -0.550. The molecule has 2 heterocycles. The van der Waals surface area contributed by atoms with E-state index >= 15 is 0 Å². The first-order valence-corrected chi connectivity index (χ1v) is 5.38. The van der Waals surface area contributed by atoms with Gasteiger partial charge in [0.25, 0.3) is 0 Å². The van der Waals surface area contributed by atoms with E-state index in [9.17, 15) is 9.59 Å². The molecular formula is C13H9N2O3+. The molecular weight excluding hydrogens is 232 g/mol. The molecule has 5 nitrogen and oxygen atoms in total. The molecule has 0 aliphatic rings. The predicted octanol–water partition coefficient (Wildman–Crippen LogP) is 1.17. The first-order chi connectivity index (χ1) is 8.74. The van der Waals surface area contributed by atoms with Gasteiger partial charge in [-0.05, 0) is 0 Å². The molecule has 3 aromatic rings. The lowest BCUT2D eigenvalue weighted by atomic mass is 10.1. The molecule has 0 unspecified atom stereocenters. The van der Waals surface area contributed by atoms with E-state index in [1.54, 1.807) is 36.5 Å². The van der Waals surface area contributed by atoms with Crippen LogP contribution in [0.1, 0.15) is 15.9 Å². The maximum Gasteiger partial charge on any atom is 0.510 e. The standard InChI is InChI=1S/C13H8N2O3/c16-11(8-4-2-1-3-5-8)9-6-10-12(14-7-9)15-13(17)18-10/h1-7H,(H,14,15,17)/p+1. The van der Waals surface area contributed by atoms with Crippen LogP contribution in [0.5, 0.6) is 0 Å². The number of hydrogen-bond donors (Lipinski definition) is 1. The van der Waals surface area contributed by atoms with Gasteiger partial charge in [-0.1, -0.05) is 30.3 Å². The van der Waals surface area contributed by atoms with Gasteiger partial charge in [0.2, 0.25) is 5.58 Å². The van der Waals surface area contributed by atoms with Crippen molar-refractivity contribution in [3.8, 4) is 0 Å². The fraction of sp³-hybridized carbons (Fsp3) is 0. The van der Waals surface area contributed by atoms with Crippen LogP contribution in [0.2, 0.25) is 0 Å². The smallest absolute Gasteiger partial charge is 0.383 e. The van der Waals surface area contributed by atoms with Crippen molar-refractivity contribution in [2.75, 3.05) is 0 Å². The molecule has 0 amide bonds. The van der Waals surface area contributed by atoms with E-state index in [0.29, 0.717) is 22.4 Å². The van der Waals surface area contributed by atoms with Crippen molar-refractivity contribution in [3.63, 3.8) is 0 Å². The molecule has 0 spiro atoms. The quantitative estimate of drug-likeness (QED) is 0.684. The zero-order valence-electron chi connectivity index (χ0n) is 9.27. The van der Waals surface area contributed by atoms with Crippen molar-refractivity contribution in [1.82, 2.24) is 4.98 Å². The number of benzene rings is 1. The highest BCUT2D eigenvalue weighted by Crippen LogP contribution is 2.11. The van der Waals surface area contributed by atoms with E-state index in [4.69, 9.17) is 4.42 Å². The third-order valence-electron chi connectivity index (χ3n) is 2.63. The summed E-state index contributed by atoms with van der Waals surface area (Å²) in [6.07, 6.45) is 1.54. The number of ketones is 1. The Kier molecular flexibility index (Phi) is 2.30. The predicted molar refractivity (Wildman–Crippen MR) is 63.3 cm³/mol. The Balaban J connectivity index is 2.09. The van der Waals surface area contributed by atoms with E-state index in [1.165, 1.54) is 0 Å². The number of carbonyl (C=O) groups excluding carboxylic acids is 1. The van der Waals surface area contributed by atoms with Crippen molar-refractivity contribution in [2.45, 2.75) is 0 Å². The van der Waals surface area contributed by atoms with Crippen LogP contribution in [0, 0.1) is 0 Å². The summed E-state index contributed by atoms with van der Waals surface area (Å²) in [7, 11) is 0. The van der Waals surface area contributed by atoms with Gasteiger partial charge >= 0.3 is 11.4 Å².